The van der Waals surface area contributed by atoms with E-state index in [1.807, 2.05) is 6.07 Å². The van der Waals surface area contributed by atoms with Gasteiger partial charge in [-0.3, -0.25) is 4.79 Å². The number of amides is 1. The van der Waals surface area contributed by atoms with Crippen LogP contribution in [0.1, 0.15) is 5.56 Å². The molecule has 4 rings (SSSR count). The van der Waals surface area contributed by atoms with E-state index in [0.717, 1.165) is 0 Å². The van der Waals surface area contributed by atoms with E-state index in [2.05, 4.69) is 0 Å². The summed E-state index contributed by atoms with van der Waals surface area (Å²) in [7, 11) is -3.71. The van der Waals surface area contributed by atoms with Gasteiger partial charge in [-0.25, -0.2) is 8.42 Å². The number of hydrogen-bond acceptors (Lipinski definition) is 7. The lowest BCUT2D eigenvalue weighted by Crippen LogP contribution is -2.51. The third-order valence-corrected chi connectivity index (χ3v) is 6.96. The Balaban J connectivity index is 1.34. The Bertz CT molecular complexity index is 1120. The highest BCUT2D eigenvalue weighted by Crippen LogP contribution is 2.33. The number of ether oxygens (including phenoxy) is 3. The van der Waals surface area contributed by atoms with Crippen molar-refractivity contribution in [2.45, 2.75) is 4.90 Å². The smallest absolute Gasteiger partial charge is 0.260 e. The van der Waals surface area contributed by atoms with Crippen molar-refractivity contribution in [3.8, 4) is 23.3 Å². The fourth-order valence-electron chi connectivity index (χ4n) is 3.40. The van der Waals surface area contributed by atoms with E-state index in [-0.39, 0.29) is 43.6 Å². The van der Waals surface area contributed by atoms with E-state index in [1.165, 1.54) is 16.4 Å². The molecule has 9 nitrogen and oxygen atoms in total. The molecule has 1 fully saturated rings. The molecule has 2 aromatic carbocycles. The number of nitrogens with zero attached hydrogens (tertiary/aromatic N) is 3. The van der Waals surface area contributed by atoms with Gasteiger partial charge in [-0.2, -0.15) is 9.57 Å². The van der Waals surface area contributed by atoms with E-state index >= 15 is 0 Å². The average Bonchev–Trinajstić information content (AvgIpc) is 2.82. The maximum Gasteiger partial charge on any atom is 0.260 e. The van der Waals surface area contributed by atoms with Crippen molar-refractivity contribution < 1.29 is 27.4 Å². The lowest BCUT2D eigenvalue weighted by molar-refractivity contribution is -0.134. The standard InChI is InChI=1S/C21H21N3O6S/c22-14-16-2-1-3-17(12-16)30-15-21(25)23-6-8-24(9-7-23)31(26,27)18-4-5-19-20(13-18)29-11-10-28-19/h1-5,12-13H,6-11,15H2. The van der Waals surface area contributed by atoms with Gasteiger partial charge >= 0.3 is 0 Å². The van der Waals surface area contributed by atoms with Crippen molar-refractivity contribution in [1.29, 1.82) is 5.26 Å². The van der Waals surface area contributed by atoms with Gasteiger partial charge in [0.2, 0.25) is 10.0 Å². The predicted octanol–water partition coefficient (Wildman–Crippen LogP) is 1.24. The van der Waals surface area contributed by atoms with Crippen molar-refractivity contribution in [3.63, 3.8) is 0 Å². The maximum atomic E-state index is 13.0. The Kier molecular flexibility index (Phi) is 5.97. The lowest BCUT2D eigenvalue weighted by Gasteiger charge is -2.34. The number of fused-ring (bicyclic) bond motifs is 1. The van der Waals surface area contributed by atoms with E-state index in [0.29, 0.717) is 36.0 Å². The molecule has 2 aliphatic heterocycles. The molecule has 0 bridgehead atoms. The third-order valence-electron chi connectivity index (χ3n) is 5.07. The molecule has 0 atom stereocenters. The SMILES string of the molecule is N#Cc1cccc(OCC(=O)N2CCN(S(=O)(=O)c3ccc4c(c3)OCCO4)CC2)c1. The van der Waals surface area contributed by atoms with Crippen LogP contribution >= 0.6 is 0 Å². The number of sulfonamides is 1. The third kappa shape index (κ3) is 4.57. The van der Waals surface area contributed by atoms with Gasteiger partial charge in [0.25, 0.3) is 5.91 Å². The van der Waals surface area contributed by atoms with Crippen LogP contribution in [0.4, 0.5) is 0 Å². The van der Waals surface area contributed by atoms with Crippen LogP contribution in [0.5, 0.6) is 17.2 Å². The first-order valence-electron chi connectivity index (χ1n) is 9.78. The van der Waals surface area contributed by atoms with Crippen LogP contribution in [-0.4, -0.2) is 69.5 Å². The van der Waals surface area contributed by atoms with Gasteiger partial charge in [-0.05, 0) is 30.3 Å². The Labute approximate surface area is 180 Å². The van der Waals surface area contributed by atoms with Crippen LogP contribution in [0.2, 0.25) is 0 Å². The number of carbonyl (C=O) groups is 1. The Morgan fingerprint density at radius 3 is 2.52 bits per heavy atom. The summed E-state index contributed by atoms with van der Waals surface area (Å²) >= 11 is 0. The second-order valence-corrected chi connectivity index (χ2v) is 8.96. The first-order valence-corrected chi connectivity index (χ1v) is 11.2. The summed E-state index contributed by atoms with van der Waals surface area (Å²) in [4.78, 5) is 14.2. The number of piperazine rings is 1. The number of benzene rings is 2. The van der Waals surface area contributed by atoms with Crippen molar-refractivity contribution in [2.24, 2.45) is 0 Å². The molecule has 0 spiro atoms. The maximum absolute atomic E-state index is 13.0. The fraction of sp³-hybridized carbons (Fsp3) is 0.333. The Morgan fingerprint density at radius 1 is 1.03 bits per heavy atom. The molecule has 0 N–H and O–H groups in total. The average molecular weight is 443 g/mol. The quantitative estimate of drug-likeness (QED) is 0.684. The van der Waals surface area contributed by atoms with Crippen LogP contribution in [0.25, 0.3) is 0 Å². The molecule has 1 saturated heterocycles. The van der Waals surface area contributed by atoms with Crippen LogP contribution in [0.3, 0.4) is 0 Å². The minimum Gasteiger partial charge on any atom is -0.486 e. The van der Waals surface area contributed by atoms with Gasteiger partial charge in [0.1, 0.15) is 19.0 Å². The zero-order chi connectivity index (χ0) is 21.8. The molecule has 2 aliphatic rings. The first kappa shape index (κ1) is 21.0. The molecule has 31 heavy (non-hydrogen) atoms. The van der Waals surface area contributed by atoms with Crippen LogP contribution in [0, 0.1) is 11.3 Å². The second kappa shape index (κ2) is 8.83. The molecular weight excluding hydrogens is 422 g/mol. The summed E-state index contributed by atoms with van der Waals surface area (Å²) in [5.41, 5.74) is 0.447. The second-order valence-electron chi connectivity index (χ2n) is 7.02. The summed E-state index contributed by atoms with van der Waals surface area (Å²) in [5.74, 6) is 1.14. The molecular formula is C21H21N3O6S. The normalized spacial score (nSPS) is 16.4. The minimum atomic E-state index is -3.71. The molecule has 0 radical (unpaired) electrons. The van der Waals surface area contributed by atoms with Crippen LogP contribution in [0.15, 0.2) is 47.4 Å². The molecule has 0 aliphatic carbocycles. The van der Waals surface area contributed by atoms with Gasteiger partial charge in [0, 0.05) is 32.2 Å². The van der Waals surface area contributed by atoms with Gasteiger partial charge < -0.3 is 19.1 Å². The monoisotopic (exact) mass is 443 g/mol. The van der Waals surface area contributed by atoms with Gasteiger partial charge in [-0.15, -0.1) is 0 Å². The number of hydrogen-bond donors (Lipinski definition) is 0. The number of nitriles is 1. The van der Waals surface area contributed by atoms with Crippen molar-refractivity contribution >= 4 is 15.9 Å². The number of rotatable bonds is 5. The highest BCUT2D eigenvalue weighted by Gasteiger charge is 2.31. The lowest BCUT2D eigenvalue weighted by atomic mass is 10.2. The molecule has 1 amide bonds. The van der Waals surface area contributed by atoms with E-state index in [4.69, 9.17) is 19.5 Å². The number of carbonyl (C=O) groups excluding carboxylic acids is 1. The van der Waals surface area contributed by atoms with Crippen LogP contribution in [-0.2, 0) is 14.8 Å². The Morgan fingerprint density at radius 2 is 1.77 bits per heavy atom. The first-order chi connectivity index (χ1) is 15.0. The minimum absolute atomic E-state index is 0.136. The van der Waals surface area contributed by atoms with Crippen molar-refractivity contribution in [2.75, 3.05) is 46.0 Å². The van der Waals surface area contributed by atoms with E-state index in [9.17, 15) is 13.2 Å². The molecule has 2 aromatic rings. The summed E-state index contributed by atoms with van der Waals surface area (Å²) in [6.45, 7) is 1.54. The summed E-state index contributed by atoms with van der Waals surface area (Å²) in [5, 5.41) is 8.93. The van der Waals surface area contributed by atoms with E-state index < -0.39 is 10.0 Å². The topological polar surface area (TPSA) is 109 Å². The zero-order valence-corrected chi connectivity index (χ0v) is 17.5. The van der Waals surface area contributed by atoms with Gasteiger partial charge in [-0.1, -0.05) is 6.07 Å². The zero-order valence-electron chi connectivity index (χ0n) is 16.7. The molecule has 2 heterocycles. The summed E-state index contributed by atoms with van der Waals surface area (Å²) in [6.07, 6.45) is 0. The Hall–Kier alpha value is -3.29. The highest BCUT2D eigenvalue weighted by molar-refractivity contribution is 7.89. The summed E-state index contributed by atoms with van der Waals surface area (Å²) < 4.78 is 43.8. The highest BCUT2D eigenvalue weighted by atomic mass is 32.2. The van der Waals surface area contributed by atoms with Crippen molar-refractivity contribution in [1.82, 2.24) is 9.21 Å². The van der Waals surface area contributed by atoms with Gasteiger partial charge in [0.05, 0.1) is 16.5 Å². The largest absolute Gasteiger partial charge is 0.486 e. The molecule has 0 saturated carbocycles. The molecule has 10 heteroatoms. The molecule has 0 aromatic heterocycles. The fourth-order valence-corrected chi connectivity index (χ4v) is 4.84. The van der Waals surface area contributed by atoms with Gasteiger partial charge in [0.15, 0.2) is 18.1 Å². The molecule has 0 unspecified atom stereocenters. The van der Waals surface area contributed by atoms with Crippen LogP contribution < -0.4 is 14.2 Å². The predicted molar refractivity (Wildman–Crippen MR) is 109 cm³/mol. The molecule has 162 valence electrons. The summed E-state index contributed by atoms with van der Waals surface area (Å²) in [6, 6.07) is 13.2. The van der Waals surface area contributed by atoms with Crippen molar-refractivity contribution in [3.05, 3.63) is 48.0 Å². The van der Waals surface area contributed by atoms with E-state index in [1.54, 1.807) is 35.2 Å².